The summed E-state index contributed by atoms with van der Waals surface area (Å²) >= 11 is 0. The lowest BCUT2D eigenvalue weighted by molar-refractivity contribution is -0.211. The first-order valence-electron chi connectivity index (χ1n) is 9.03. The molecule has 2 aromatic rings. The topological polar surface area (TPSA) is 58.7 Å². The first kappa shape index (κ1) is 16.1. The number of nitrogens with zero attached hydrogens (tertiary/aromatic N) is 2. The number of benzene rings is 1. The predicted octanol–water partition coefficient (Wildman–Crippen LogP) is 3.14. The minimum atomic E-state index is -0.212. The third kappa shape index (κ3) is 2.46. The average molecular weight is 330 g/mol. The number of piperidine rings is 1. The first-order valence-corrected chi connectivity index (χ1v) is 9.03. The Morgan fingerprint density at radius 3 is 2.79 bits per heavy atom. The minimum Gasteiger partial charge on any atom is -0.439 e. The molecule has 5 nitrogen and oxygen atoms in total. The summed E-state index contributed by atoms with van der Waals surface area (Å²) in [5.74, 6) is 0.780. The van der Waals surface area contributed by atoms with E-state index in [-0.39, 0.29) is 23.7 Å². The fraction of sp³-hybridized carbons (Fsp3) is 0.632. The van der Waals surface area contributed by atoms with Gasteiger partial charge in [0.25, 0.3) is 0 Å². The standard InChI is InChI=1S/C19H26N2O3/c1-3-23-17-12-16(22)19(17)8-10-21(11-9-19)13(2)18-20-14-6-4-5-7-15(14)24-18/h4-7,13,16-17,22H,3,8-12H2,1-2H3. The van der Waals surface area contributed by atoms with Gasteiger partial charge in [0.05, 0.1) is 18.2 Å². The van der Waals surface area contributed by atoms with Gasteiger partial charge in [-0.3, -0.25) is 4.90 Å². The zero-order chi connectivity index (χ0) is 16.7. The smallest absolute Gasteiger partial charge is 0.212 e. The second-order valence-electron chi connectivity index (χ2n) is 7.16. The molecule has 1 aromatic carbocycles. The Morgan fingerprint density at radius 1 is 1.38 bits per heavy atom. The van der Waals surface area contributed by atoms with Crippen molar-refractivity contribution >= 4 is 11.1 Å². The maximum atomic E-state index is 10.3. The van der Waals surface area contributed by atoms with Crippen LogP contribution >= 0.6 is 0 Å². The van der Waals surface area contributed by atoms with Crippen molar-refractivity contribution in [1.29, 1.82) is 0 Å². The molecule has 1 aliphatic carbocycles. The summed E-state index contributed by atoms with van der Waals surface area (Å²) in [4.78, 5) is 7.04. The summed E-state index contributed by atoms with van der Waals surface area (Å²) in [6, 6.07) is 8.05. The number of aliphatic hydroxyl groups excluding tert-OH is 1. The molecule has 0 amide bonds. The number of fused-ring (bicyclic) bond motifs is 1. The number of ether oxygens (including phenoxy) is 1. The molecule has 1 aromatic heterocycles. The fourth-order valence-corrected chi connectivity index (χ4v) is 4.37. The summed E-state index contributed by atoms with van der Waals surface area (Å²) in [5.41, 5.74) is 1.73. The van der Waals surface area contributed by atoms with Gasteiger partial charge in [-0.25, -0.2) is 4.98 Å². The highest BCUT2D eigenvalue weighted by molar-refractivity contribution is 5.72. The van der Waals surface area contributed by atoms with Gasteiger partial charge in [0, 0.05) is 18.4 Å². The van der Waals surface area contributed by atoms with Gasteiger partial charge in [-0.15, -0.1) is 0 Å². The van der Waals surface area contributed by atoms with E-state index in [4.69, 9.17) is 9.15 Å². The molecule has 4 rings (SSSR count). The Hall–Kier alpha value is -1.43. The van der Waals surface area contributed by atoms with Crippen LogP contribution in [0, 0.1) is 5.41 Å². The van der Waals surface area contributed by atoms with Gasteiger partial charge in [-0.05, 0) is 51.9 Å². The molecule has 1 saturated heterocycles. The van der Waals surface area contributed by atoms with Crippen molar-refractivity contribution < 1.29 is 14.3 Å². The van der Waals surface area contributed by atoms with Crippen LogP contribution in [0.3, 0.4) is 0 Å². The maximum Gasteiger partial charge on any atom is 0.212 e. The fourth-order valence-electron chi connectivity index (χ4n) is 4.37. The highest BCUT2D eigenvalue weighted by Crippen LogP contribution is 2.51. The van der Waals surface area contributed by atoms with Crippen molar-refractivity contribution in [3.63, 3.8) is 0 Å². The summed E-state index contributed by atoms with van der Waals surface area (Å²) in [6.07, 6.45) is 2.75. The second-order valence-corrected chi connectivity index (χ2v) is 7.16. The van der Waals surface area contributed by atoms with Crippen LogP contribution in [-0.4, -0.2) is 46.9 Å². The third-order valence-corrected chi connectivity index (χ3v) is 6.05. The molecule has 0 radical (unpaired) electrons. The van der Waals surface area contributed by atoms with Gasteiger partial charge in [-0.2, -0.15) is 0 Å². The highest BCUT2D eigenvalue weighted by Gasteiger charge is 2.56. The number of para-hydroxylation sites is 2. The van der Waals surface area contributed by atoms with Gasteiger partial charge < -0.3 is 14.3 Å². The van der Waals surface area contributed by atoms with E-state index >= 15 is 0 Å². The maximum absolute atomic E-state index is 10.3. The van der Waals surface area contributed by atoms with Crippen molar-refractivity contribution in [3.05, 3.63) is 30.2 Å². The molecule has 3 unspecified atom stereocenters. The summed E-state index contributed by atoms with van der Waals surface area (Å²) in [7, 11) is 0. The van der Waals surface area contributed by atoms with Crippen molar-refractivity contribution in [3.8, 4) is 0 Å². The zero-order valence-electron chi connectivity index (χ0n) is 14.4. The number of aromatic nitrogens is 1. The lowest BCUT2D eigenvalue weighted by Gasteiger charge is -2.57. The number of hydrogen-bond acceptors (Lipinski definition) is 5. The second kappa shape index (κ2) is 6.14. The Kier molecular flexibility index (Phi) is 4.11. The van der Waals surface area contributed by atoms with Crippen molar-refractivity contribution in [2.45, 2.75) is 51.4 Å². The summed E-state index contributed by atoms with van der Waals surface area (Å²) < 4.78 is 11.8. The molecule has 1 spiro atoms. The Morgan fingerprint density at radius 2 is 2.12 bits per heavy atom. The van der Waals surface area contributed by atoms with Gasteiger partial charge in [0.1, 0.15) is 5.52 Å². The van der Waals surface area contributed by atoms with Crippen LogP contribution in [0.15, 0.2) is 28.7 Å². The lowest BCUT2D eigenvalue weighted by Crippen LogP contribution is -2.62. The average Bonchev–Trinajstić information content (AvgIpc) is 3.05. The molecule has 2 aliphatic rings. The molecule has 1 aliphatic heterocycles. The molecular weight excluding hydrogens is 304 g/mol. The van der Waals surface area contributed by atoms with E-state index < -0.39 is 0 Å². The summed E-state index contributed by atoms with van der Waals surface area (Å²) in [6.45, 7) is 6.80. The van der Waals surface area contributed by atoms with Crippen LogP contribution in [-0.2, 0) is 4.74 Å². The number of oxazole rings is 1. The Balaban J connectivity index is 1.45. The number of hydrogen-bond donors (Lipinski definition) is 1. The van der Waals surface area contributed by atoms with Crippen LogP contribution in [0.5, 0.6) is 0 Å². The molecular formula is C19H26N2O3. The molecule has 130 valence electrons. The lowest BCUT2D eigenvalue weighted by atomic mass is 9.58. The van der Waals surface area contributed by atoms with E-state index in [1.165, 1.54) is 0 Å². The van der Waals surface area contributed by atoms with Crippen LogP contribution in [0.25, 0.3) is 11.1 Å². The van der Waals surface area contributed by atoms with E-state index in [2.05, 4.69) is 16.8 Å². The van der Waals surface area contributed by atoms with E-state index in [0.29, 0.717) is 0 Å². The van der Waals surface area contributed by atoms with E-state index in [1.807, 2.05) is 31.2 Å². The van der Waals surface area contributed by atoms with Crippen molar-refractivity contribution in [1.82, 2.24) is 9.88 Å². The van der Waals surface area contributed by atoms with Crippen LogP contribution in [0.2, 0.25) is 0 Å². The number of rotatable bonds is 4. The van der Waals surface area contributed by atoms with E-state index in [1.54, 1.807) is 0 Å². The minimum absolute atomic E-state index is 0.0342. The van der Waals surface area contributed by atoms with Crippen LogP contribution < -0.4 is 0 Å². The van der Waals surface area contributed by atoms with Gasteiger partial charge in [0.15, 0.2) is 5.58 Å². The molecule has 0 bridgehead atoms. The SMILES string of the molecule is CCOC1CC(O)C12CCN(C(C)c1nc3ccccc3o1)CC2. The molecule has 1 N–H and O–H groups in total. The van der Waals surface area contributed by atoms with Gasteiger partial charge in [0.2, 0.25) is 5.89 Å². The van der Waals surface area contributed by atoms with E-state index in [0.717, 1.165) is 55.9 Å². The Labute approximate surface area is 142 Å². The molecule has 3 atom stereocenters. The molecule has 24 heavy (non-hydrogen) atoms. The Bertz CT molecular complexity index is 670. The van der Waals surface area contributed by atoms with Gasteiger partial charge >= 0.3 is 0 Å². The molecule has 5 heteroatoms. The first-order chi connectivity index (χ1) is 11.6. The quantitative estimate of drug-likeness (QED) is 0.933. The van der Waals surface area contributed by atoms with Crippen LogP contribution in [0.4, 0.5) is 0 Å². The highest BCUT2D eigenvalue weighted by atomic mass is 16.5. The van der Waals surface area contributed by atoms with Crippen LogP contribution in [0.1, 0.15) is 45.0 Å². The zero-order valence-corrected chi connectivity index (χ0v) is 14.4. The third-order valence-electron chi connectivity index (χ3n) is 6.05. The molecule has 2 fully saturated rings. The molecule has 1 saturated carbocycles. The number of likely N-dealkylation sites (tertiary alicyclic amines) is 1. The summed E-state index contributed by atoms with van der Waals surface area (Å²) in [5, 5.41) is 10.3. The normalized spacial score (nSPS) is 28.1. The monoisotopic (exact) mass is 330 g/mol. The van der Waals surface area contributed by atoms with Gasteiger partial charge in [-0.1, -0.05) is 12.1 Å². The number of aliphatic hydroxyl groups is 1. The van der Waals surface area contributed by atoms with Crippen molar-refractivity contribution in [2.75, 3.05) is 19.7 Å². The van der Waals surface area contributed by atoms with Crippen molar-refractivity contribution in [2.24, 2.45) is 5.41 Å². The predicted molar refractivity (Wildman–Crippen MR) is 91.7 cm³/mol. The largest absolute Gasteiger partial charge is 0.439 e. The van der Waals surface area contributed by atoms with E-state index in [9.17, 15) is 5.11 Å². The molecule has 2 heterocycles.